The Morgan fingerprint density at radius 2 is 2.16 bits per heavy atom. The molecule has 1 fully saturated rings. The van der Waals surface area contributed by atoms with Crippen LogP contribution in [0.5, 0.6) is 0 Å². The van der Waals surface area contributed by atoms with Crippen LogP contribution in [0, 0.1) is 0 Å². The molecule has 1 aliphatic heterocycles. The van der Waals surface area contributed by atoms with Gasteiger partial charge >= 0.3 is 12.0 Å². The van der Waals surface area contributed by atoms with Gasteiger partial charge in [0.15, 0.2) is 0 Å². The lowest BCUT2D eigenvalue weighted by atomic mass is 10.2. The number of carbonyl (C=O) groups excluding carboxylic acids is 2. The quantitative estimate of drug-likeness (QED) is 0.658. The predicted molar refractivity (Wildman–Crippen MR) is 72.1 cm³/mol. The Balaban J connectivity index is 2.63. The van der Waals surface area contributed by atoms with Gasteiger partial charge in [-0.1, -0.05) is 0 Å². The highest BCUT2D eigenvalue weighted by Crippen LogP contribution is 2.19. The highest BCUT2D eigenvalue weighted by molar-refractivity contribution is 7.99. The molecule has 1 aliphatic rings. The minimum Gasteiger partial charge on any atom is -0.480 e. The van der Waals surface area contributed by atoms with Crippen molar-refractivity contribution in [2.75, 3.05) is 24.6 Å². The lowest BCUT2D eigenvalue weighted by molar-refractivity contribution is -0.144. The normalized spacial score (nSPS) is 21.5. The average Bonchev–Trinajstić information content (AvgIpc) is 2.37. The van der Waals surface area contributed by atoms with E-state index >= 15 is 0 Å². The molecule has 0 spiro atoms. The van der Waals surface area contributed by atoms with Crippen LogP contribution in [0.4, 0.5) is 4.79 Å². The van der Waals surface area contributed by atoms with Gasteiger partial charge in [0.2, 0.25) is 5.91 Å². The van der Waals surface area contributed by atoms with E-state index in [0.717, 1.165) is 5.75 Å². The van der Waals surface area contributed by atoms with Crippen LogP contribution >= 0.6 is 11.8 Å². The maximum absolute atomic E-state index is 11.9. The topological polar surface area (TPSA) is 98.7 Å². The third kappa shape index (κ3) is 4.39. The summed E-state index contributed by atoms with van der Waals surface area (Å²) in [5.41, 5.74) is 0. The van der Waals surface area contributed by atoms with Crippen molar-refractivity contribution in [2.24, 2.45) is 0 Å². The molecule has 1 saturated heterocycles. The summed E-state index contributed by atoms with van der Waals surface area (Å²) in [6.07, 6.45) is 0. The maximum atomic E-state index is 11.9. The van der Waals surface area contributed by atoms with Gasteiger partial charge in [-0.3, -0.25) is 19.8 Å². The number of amides is 3. The Bertz CT molecular complexity index is 364. The molecule has 3 N–H and O–H groups in total. The standard InChI is InChI=1S/C11H19N3O4S/c1-3-12-11(18)13-9(15)7(2)14-4-5-19-6-8(14)10(16)17/h7-8H,3-6H2,1-2H3,(H,16,17)(H2,12,13,15,18). The largest absolute Gasteiger partial charge is 0.480 e. The van der Waals surface area contributed by atoms with Crippen molar-refractivity contribution in [3.05, 3.63) is 0 Å². The number of thioether (sulfide) groups is 1. The molecule has 0 aliphatic carbocycles. The molecule has 7 nitrogen and oxygen atoms in total. The fourth-order valence-electron chi connectivity index (χ4n) is 1.86. The molecule has 0 aromatic heterocycles. The number of hydrogen-bond donors (Lipinski definition) is 3. The minimum atomic E-state index is -0.940. The summed E-state index contributed by atoms with van der Waals surface area (Å²) in [4.78, 5) is 35.9. The van der Waals surface area contributed by atoms with Crippen LogP contribution in [0.1, 0.15) is 13.8 Å². The fourth-order valence-corrected chi connectivity index (χ4v) is 2.93. The van der Waals surface area contributed by atoms with Crippen LogP contribution in [0.2, 0.25) is 0 Å². The van der Waals surface area contributed by atoms with Crippen molar-refractivity contribution in [1.29, 1.82) is 0 Å². The summed E-state index contributed by atoms with van der Waals surface area (Å²) in [7, 11) is 0. The van der Waals surface area contributed by atoms with E-state index in [4.69, 9.17) is 5.11 Å². The molecule has 2 unspecified atom stereocenters. The smallest absolute Gasteiger partial charge is 0.321 e. The zero-order chi connectivity index (χ0) is 14.4. The van der Waals surface area contributed by atoms with Gasteiger partial charge in [0.05, 0.1) is 6.04 Å². The van der Waals surface area contributed by atoms with Gasteiger partial charge in [-0.05, 0) is 13.8 Å². The second-order valence-electron chi connectivity index (χ2n) is 4.19. The molecule has 0 aromatic rings. The van der Waals surface area contributed by atoms with Gasteiger partial charge in [0.25, 0.3) is 0 Å². The first-order valence-corrected chi connectivity index (χ1v) is 7.27. The molecule has 0 aromatic carbocycles. The van der Waals surface area contributed by atoms with Gasteiger partial charge in [0, 0.05) is 24.6 Å². The molecule has 108 valence electrons. The third-order valence-electron chi connectivity index (χ3n) is 2.91. The Kier molecular flexibility index (Phi) is 6.10. The Labute approximate surface area is 116 Å². The van der Waals surface area contributed by atoms with E-state index in [1.807, 2.05) is 0 Å². The number of nitrogens with zero attached hydrogens (tertiary/aromatic N) is 1. The number of imide groups is 1. The van der Waals surface area contributed by atoms with Crippen molar-refractivity contribution < 1.29 is 19.5 Å². The number of carboxylic acids is 1. The van der Waals surface area contributed by atoms with Crippen molar-refractivity contribution in [1.82, 2.24) is 15.5 Å². The number of urea groups is 1. The summed E-state index contributed by atoms with van der Waals surface area (Å²) >= 11 is 1.55. The van der Waals surface area contributed by atoms with Crippen molar-refractivity contribution in [3.8, 4) is 0 Å². The van der Waals surface area contributed by atoms with Gasteiger partial charge in [-0.15, -0.1) is 0 Å². The second kappa shape index (κ2) is 7.34. The molecule has 19 heavy (non-hydrogen) atoms. The van der Waals surface area contributed by atoms with E-state index < -0.39 is 30.0 Å². The zero-order valence-corrected chi connectivity index (χ0v) is 11.8. The fraction of sp³-hybridized carbons (Fsp3) is 0.727. The van der Waals surface area contributed by atoms with Crippen LogP contribution in [0.3, 0.4) is 0 Å². The Morgan fingerprint density at radius 1 is 1.47 bits per heavy atom. The van der Waals surface area contributed by atoms with Gasteiger partial charge in [-0.25, -0.2) is 4.79 Å². The monoisotopic (exact) mass is 289 g/mol. The minimum absolute atomic E-state index is 0.422. The number of aliphatic carboxylic acids is 1. The van der Waals surface area contributed by atoms with Crippen LogP contribution in [0.15, 0.2) is 0 Å². The predicted octanol–water partition coefficient (Wildman–Crippen LogP) is -0.277. The van der Waals surface area contributed by atoms with E-state index in [1.165, 1.54) is 0 Å². The van der Waals surface area contributed by atoms with E-state index in [2.05, 4.69) is 10.6 Å². The first kappa shape index (κ1) is 15.8. The van der Waals surface area contributed by atoms with Gasteiger partial charge < -0.3 is 10.4 Å². The molecule has 1 heterocycles. The molecule has 0 radical (unpaired) electrons. The second-order valence-corrected chi connectivity index (χ2v) is 5.34. The Morgan fingerprint density at radius 3 is 2.74 bits per heavy atom. The van der Waals surface area contributed by atoms with Crippen molar-refractivity contribution in [2.45, 2.75) is 25.9 Å². The highest BCUT2D eigenvalue weighted by atomic mass is 32.2. The van der Waals surface area contributed by atoms with E-state index in [-0.39, 0.29) is 0 Å². The number of hydrogen-bond acceptors (Lipinski definition) is 5. The SMILES string of the molecule is CCNC(=O)NC(=O)C(C)N1CCSCC1C(=O)O. The summed E-state index contributed by atoms with van der Waals surface area (Å²) in [6.45, 7) is 4.30. The van der Waals surface area contributed by atoms with Crippen LogP contribution < -0.4 is 10.6 Å². The molecular weight excluding hydrogens is 270 g/mol. The van der Waals surface area contributed by atoms with E-state index in [9.17, 15) is 14.4 Å². The van der Waals surface area contributed by atoms with Crippen molar-refractivity contribution in [3.63, 3.8) is 0 Å². The molecule has 0 bridgehead atoms. The maximum Gasteiger partial charge on any atom is 0.321 e. The van der Waals surface area contributed by atoms with Crippen LogP contribution in [-0.4, -0.2) is 64.6 Å². The first-order valence-electron chi connectivity index (χ1n) is 6.12. The number of nitrogens with one attached hydrogen (secondary N) is 2. The van der Waals surface area contributed by atoms with Crippen LogP contribution in [-0.2, 0) is 9.59 Å². The summed E-state index contributed by atoms with van der Waals surface area (Å²) in [5.74, 6) is -0.189. The summed E-state index contributed by atoms with van der Waals surface area (Å²) in [6, 6.07) is -1.89. The lowest BCUT2D eigenvalue weighted by Gasteiger charge is -2.36. The van der Waals surface area contributed by atoms with Gasteiger partial charge in [0.1, 0.15) is 6.04 Å². The molecule has 0 saturated carbocycles. The van der Waals surface area contributed by atoms with Gasteiger partial charge in [-0.2, -0.15) is 11.8 Å². The van der Waals surface area contributed by atoms with Crippen molar-refractivity contribution >= 4 is 29.7 Å². The first-order chi connectivity index (χ1) is 8.97. The average molecular weight is 289 g/mol. The van der Waals surface area contributed by atoms with E-state index in [1.54, 1.807) is 30.5 Å². The summed E-state index contributed by atoms with van der Waals surface area (Å²) in [5, 5.41) is 13.8. The molecule has 1 rings (SSSR count). The number of carboxylic acid groups (broad SMARTS) is 1. The molecule has 8 heteroatoms. The van der Waals surface area contributed by atoms with E-state index in [0.29, 0.717) is 18.8 Å². The molecule has 3 amide bonds. The zero-order valence-electron chi connectivity index (χ0n) is 11.0. The number of carbonyl (C=O) groups is 3. The molecular formula is C11H19N3O4S. The highest BCUT2D eigenvalue weighted by Gasteiger charge is 2.35. The van der Waals surface area contributed by atoms with Crippen LogP contribution in [0.25, 0.3) is 0 Å². The molecule has 2 atom stereocenters. The lowest BCUT2D eigenvalue weighted by Crippen LogP contribution is -2.57. The summed E-state index contributed by atoms with van der Waals surface area (Å²) < 4.78 is 0. The number of rotatable bonds is 4. The third-order valence-corrected chi connectivity index (χ3v) is 3.93. The Hall–Kier alpha value is -1.28.